The molecule has 1 saturated heterocycles. The van der Waals surface area contributed by atoms with Crippen LogP contribution in [-0.2, 0) is 30.3 Å². The molecule has 1 heterocycles. The van der Waals surface area contributed by atoms with Gasteiger partial charge in [-0.25, -0.2) is 4.39 Å². The van der Waals surface area contributed by atoms with Gasteiger partial charge in [0, 0.05) is 36.1 Å². The highest BCUT2D eigenvalue weighted by molar-refractivity contribution is 7.81. The Labute approximate surface area is 217 Å². The lowest BCUT2D eigenvalue weighted by Crippen LogP contribution is -2.47. The van der Waals surface area contributed by atoms with Crippen molar-refractivity contribution in [1.82, 2.24) is 10.6 Å². The fraction of sp³-hybridized carbons (Fsp3) is 0.615. The highest BCUT2D eigenvalue weighted by Crippen LogP contribution is 2.23. The van der Waals surface area contributed by atoms with Gasteiger partial charge < -0.3 is 21.1 Å². The molecule has 5 atom stereocenters. The van der Waals surface area contributed by atoms with E-state index in [1.807, 2.05) is 13.8 Å². The summed E-state index contributed by atoms with van der Waals surface area (Å²) in [5, 5.41) is 5.13. The molecule has 10 heteroatoms. The third-order valence-electron chi connectivity index (χ3n) is 6.48. The molecule has 1 fully saturated rings. The van der Waals surface area contributed by atoms with E-state index in [0.717, 1.165) is 0 Å². The number of thiol groups is 1. The minimum atomic E-state index is -0.768. The summed E-state index contributed by atoms with van der Waals surface area (Å²) in [6.07, 6.45) is 0.985. The van der Waals surface area contributed by atoms with E-state index in [-0.39, 0.29) is 49.4 Å². The number of ether oxygens (including phenoxy) is 1. The van der Waals surface area contributed by atoms with E-state index in [1.54, 1.807) is 19.1 Å². The molecular formula is C26H38FN3O5S. The molecule has 1 aromatic carbocycles. The zero-order chi connectivity index (χ0) is 26.8. The normalized spacial score (nSPS) is 18.8. The van der Waals surface area contributed by atoms with Crippen LogP contribution >= 0.6 is 12.6 Å². The van der Waals surface area contributed by atoms with Crippen molar-refractivity contribution in [2.75, 3.05) is 13.2 Å². The summed E-state index contributed by atoms with van der Waals surface area (Å²) in [6.45, 7) is 6.14. The number of esters is 1. The number of rotatable bonds is 14. The van der Waals surface area contributed by atoms with Crippen molar-refractivity contribution in [3.05, 3.63) is 35.6 Å². The molecule has 8 nitrogen and oxygen atoms in total. The van der Waals surface area contributed by atoms with Crippen molar-refractivity contribution in [3.63, 3.8) is 0 Å². The molecule has 2 rings (SSSR count). The quantitative estimate of drug-likeness (QED) is 0.219. The van der Waals surface area contributed by atoms with Gasteiger partial charge in [0.05, 0.1) is 19.1 Å². The first-order valence-electron chi connectivity index (χ1n) is 12.5. The van der Waals surface area contributed by atoms with Gasteiger partial charge in [0.1, 0.15) is 5.82 Å². The van der Waals surface area contributed by atoms with Gasteiger partial charge in [0.25, 0.3) is 0 Å². The summed E-state index contributed by atoms with van der Waals surface area (Å²) in [4.78, 5) is 50.6. The number of carbonyl (C=O) groups excluding carboxylic acids is 4. The Morgan fingerprint density at radius 1 is 1.22 bits per heavy atom. The van der Waals surface area contributed by atoms with E-state index in [0.29, 0.717) is 24.9 Å². The molecule has 0 bridgehead atoms. The first kappa shape index (κ1) is 29.8. The van der Waals surface area contributed by atoms with Crippen molar-refractivity contribution in [2.24, 2.45) is 23.5 Å². The topological polar surface area (TPSA) is 128 Å². The van der Waals surface area contributed by atoms with Crippen molar-refractivity contribution >= 4 is 36.2 Å². The van der Waals surface area contributed by atoms with Crippen LogP contribution in [0.25, 0.3) is 0 Å². The average Bonchev–Trinajstić information content (AvgIpc) is 3.23. The number of hydrogen-bond donors (Lipinski definition) is 4. The standard InChI is InChI=1S/C26H38FN3O5S/c1-4-35-23(32)14-22(36)20(12-17-9-10-29-25(17)33)30-26(34)18(13-21(31)24(28)15(2)3)11-16-5-7-19(27)8-6-16/h5-8,15,17-18,20,22,24,36H,4,9-14,28H2,1-3H3,(H,29,33)(H,30,34)/t17-,18+,20-,22-,24-/m0/s1. The van der Waals surface area contributed by atoms with Gasteiger partial charge >= 0.3 is 5.97 Å². The maximum absolute atomic E-state index is 13.5. The lowest BCUT2D eigenvalue weighted by Gasteiger charge is -2.28. The van der Waals surface area contributed by atoms with Gasteiger partial charge in [-0.3, -0.25) is 19.2 Å². The van der Waals surface area contributed by atoms with Crippen LogP contribution in [-0.4, -0.2) is 54.1 Å². The number of carbonyl (C=O) groups is 4. The predicted molar refractivity (Wildman–Crippen MR) is 138 cm³/mol. The second-order valence-corrected chi connectivity index (χ2v) is 10.3. The highest BCUT2D eigenvalue weighted by atomic mass is 32.1. The molecule has 0 aliphatic carbocycles. The molecule has 2 amide bonds. The summed E-state index contributed by atoms with van der Waals surface area (Å²) >= 11 is 4.57. The molecule has 1 aromatic rings. The van der Waals surface area contributed by atoms with Gasteiger partial charge in [-0.2, -0.15) is 12.6 Å². The third-order valence-corrected chi connectivity index (χ3v) is 7.02. The van der Waals surface area contributed by atoms with Gasteiger partial charge in [0.2, 0.25) is 11.8 Å². The van der Waals surface area contributed by atoms with Crippen LogP contribution in [0.5, 0.6) is 0 Å². The summed E-state index contributed by atoms with van der Waals surface area (Å²) in [5.41, 5.74) is 6.74. The van der Waals surface area contributed by atoms with Crippen molar-refractivity contribution in [3.8, 4) is 0 Å². The Hall–Kier alpha value is -2.46. The number of amides is 2. The minimum absolute atomic E-state index is 0.0456. The fourth-order valence-electron chi connectivity index (χ4n) is 4.24. The maximum Gasteiger partial charge on any atom is 0.306 e. The summed E-state index contributed by atoms with van der Waals surface area (Å²) in [7, 11) is 0. The van der Waals surface area contributed by atoms with Crippen molar-refractivity contribution in [1.29, 1.82) is 0 Å². The second kappa shape index (κ2) is 14.3. The SMILES string of the molecule is CCOC(=O)C[C@H](S)[C@H](C[C@@H]1CCNC1=O)NC(=O)[C@@H](CC(=O)[C@@H](N)C(C)C)Cc1ccc(F)cc1. The van der Waals surface area contributed by atoms with E-state index >= 15 is 0 Å². The Bertz CT molecular complexity index is 911. The second-order valence-electron chi connectivity index (χ2n) is 9.67. The first-order valence-corrected chi connectivity index (χ1v) is 13.0. The van der Waals surface area contributed by atoms with Crippen LogP contribution in [0.3, 0.4) is 0 Å². The molecule has 36 heavy (non-hydrogen) atoms. The first-order chi connectivity index (χ1) is 17.0. The van der Waals surface area contributed by atoms with E-state index in [2.05, 4.69) is 23.3 Å². The molecule has 200 valence electrons. The van der Waals surface area contributed by atoms with E-state index in [4.69, 9.17) is 10.5 Å². The Kier molecular flexibility index (Phi) is 11.8. The smallest absolute Gasteiger partial charge is 0.306 e. The van der Waals surface area contributed by atoms with E-state index in [1.165, 1.54) is 12.1 Å². The number of hydrogen-bond acceptors (Lipinski definition) is 7. The fourth-order valence-corrected chi connectivity index (χ4v) is 4.58. The number of ketones is 1. The number of Topliss-reactive ketones (excluding diaryl/α,β-unsaturated/α-hetero) is 1. The summed E-state index contributed by atoms with van der Waals surface area (Å²) < 4.78 is 18.4. The Morgan fingerprint density at radius 2 is 1.89 bits per heavy atom. The summed E-state index contributed by atoms with van der Waals surface area (Å²) in [5.74, 6) is -2.78. The number of nitrogens with one attached hydrogen (secondary N) is 2. The number of halogens is 1. The number of nitrogens with two attached hydrogens (primary N) is 1. The average molecular weight is 524 g/mol. The van der Waals surface area contributed by atoms with Gasteiger partial charge in [0.15, 0.2) is 5.78 Å². The molecule has 0 aromatic heterocycles. The van der Waals surface area contributed by atoms with Crippen LogP contribution in [0.15, 0.2) is 24.3 Å². The Morgan fingerprint density at radius 3 is 2.44 bits per heavy atom. The van der Waals surface area contributed by atoms with E-state index < -0.39 is 40.9 Å². The molecule has 0 saturated carbocycles. The van der Waals surface area contributed by atoms with Crippen molar-refractivity contribution < 1.29 is 28.3 Å². The number of benzene rings is 1. The zero-order valence-electron chi connectivity index (χ0n) is 21.2. The molecule has 0 radical (unpaired) electrons. The summed E-state index contributed by atoms with van der Waals surface area (Å²) in [6, 6.07) is 4.43. The minimum Gasteiger partial charge on any atom is -0.466 e. The zero-order valence-corrected chi connectivity index (χ0v) is 22.1. The van der Waals surface area contributed by atoms with Gasteiger partial charge in [-0.05, 0) is 49.8 Å². The molecule has 1 aliphatic rings. The Balaban J connectivity index is 2.23. The van der Waals surface area contributed by atoms with Crippen LogP contribution in [0.2, 0.25) is 0 Å². The predicted octanol–water partition coefficient (Wildman–Crippen LogP) is 2.19. The van der Waals surface area contributed by atoms with Gasteiger partial charge in [-0.15, -0.1) is 0 Å². The molecule has 4 N–H and O–H groups in total. The molecule has 0 spiro atoms. The molecular weight excluding hydrogens is 485 g/mol. The maximum atomic E-state index is 13.5. The van der Waals surface area contributed by atoms with E-state index in [9.17, 15) is 23.6 Å². The molecule has 0 unspecified atom stereocenters. The van der Waals surface area contributed by atoms with Gasteiger partial charge in [-0.1, -0.05) is 26.0 Å². The van der Waals surface area contributed by atoms with Crippen molar-refractivity contribution in [2.45, 2.75) is 70.2 Å². The third kappa shape index (κ3) is 9.20. The highest BCUT2D eigenvalue weighted by Gasteiger charge is 2.34. The lowest BCUT2D eigenvalue weighted by atomic mass is 9.88. The lowest BCUT2D eigenvalue weighted by molar-refractivity contribution is -0.143. The van der Waals surface area contributed by atoms with Crippen LogP contribution in [0, 0.1) is 23.6 Å². The largest absolute Gasteiger partial charge is 0.466 e. The van der Waals surface area contributed by atoms with Crippen LogP contribution < -0.4 is 16.4 Å². The van der Waals surface area contributed by atoms with Crippen LogP contribution in [0.1, 0.15) is 52.0 Å². The monoisotopic (exact) mass is 523 g/mol. The van der Waals surface area contributed by atoms with Crippen LogP contribution in [0.4, 0.5) is 4.39 Å². The molecule has 1 aliphatic heterocycles.